The number of carbonyl (C=O) groups is 2. The van der Waals surface area contributed by atoms with Crippen LogP contribution in [0.25, 0.3) is 0 Å². The lowest BCUT2D eigenvalue weighted by Gasteiger charge is -2.33. The van der Waals surface area contributed by atoms with E-state index in [1.807, 2.05) is 0 Å². The van der Waals surface area contributed by atoms with Crippen molar-refractivity contribution in [2.24, 2.45) is 0 Å². The van der Waals surface area contributed by atoms with Crippen molar-refractivity contribution >= 4 is 27.3 Å². The molecule has 2 aliphatic heterocycles. The molecule has 1 saturated heterocycles. The molecule has 2 heterocycles. The van der Waals surface area contributed by atoms with Gasteiger partial charge in [-0.15, -0.1) is 0 Å². The maximum atomic E-state index is 12.4. The molecule has 0 unspecified atom stereocenters. The van der Waals surface area contributed by atoms with Gasteiger partial charge in [0, 0.05) is 6.04 Å². The maximum absolute atomic E-state index is 12.4. The summed E-state index contributed by atoms with van der Waals surface area (Å²) in [6, 6.07) is 6.32. The third kappa shape index (κ3) is 2.54. The number of para-hydroxylation sites is 2. The number of carbonyl (C=O) groups excluding carboxylic acids is 2. The van der Waals surface area contributed by atoms with Gasteiger partial charge >= 0.3 is 0 Å². The van der Waals surface area contributed by atoms with Gasteiger partial charge in [0.25, 0.3) is 17.4 Å². The van der Waals surface area contributed by atoms with Crippen molar-refractivity contribution in [2.45, 2.75) is 25.0 Å². The van der Waals surface area contributed by atoms with E-state index in [0.29, 0.717) is 17.9 Å². The highest BCUT2D eigenvalue weighted by Crippen LogP contribution is 2.33. The molecule has 0 aliphatic carbocycles. The quantitative estimate of drug-likeness (QED) is 0.750. The normalized spacial score (nSPS) is 29.1. The van der Waals surface area contributed by atoms with Gasteiger partial charge in [0.15, 0.2) is 9.84 Å². The second kappa shape index (κ2) is 4.98. The van der Waals surface area contributed by atoms with Crippen LogP contribution >= 0.6 is 0 Å². The summed E-state index contributed by atoms with van der Waals surface area (Å²) in [5.41, 5.74) is -1.22. The number of amides is 2. The second-order valence-corrected chi connectivity index (χ2v) is 7.89. The summed E-state index contributed by atoms with van der Waals surface area (Å²) in [5, 5.41) is 5.23. The highest BCUT2D eigenvalue weighted by atomic mass is 32.2. The Morgan fingerprint density at radius 2 is 2.14 bits per heavy atom. The summed E-state index contributed by atoms with van der Waals surface area (Å²) >= 11 is 0. The maximum Gasteiger partial charge on any atom is 0.278 e. The van der Waals surface area contributed by atoms with Gasteiger partial charge in [-0.3, -0.25) is 9.59 Å². The SMILES string of the molecule is C[C@]1(C(=O)N[C@H]2CCS(=O)(=O)C2)Oc2ccccc2NC1=O. The number of ether oxygens (including phenoxy) is 1. The summed E-state index contributed by atoms with van der Waals surface area (Å²) in [5.74, 6) is -0.873. The Labute approximate surface area is 128 Å². The van der Waals surface area contributed by atoms with E-state index in [9.17, 15) is 18.0 Å². The van der Waals surface area contributed by atoms with Gasteiger partial charge < -0.3 is 15.4 Å². The fraction of sp³-hybridized carbons (Fsp3) is 0.429. The third-order valence-corrected chi connectivity index (χ3v) is 5.65. The molecule has 2 atom stereocenters. The average Bonchev–Trinajstić information content (AvgIpc) is 2.79. The van der Waals surface area contributed by atoms with E-state index in [2.05, 4.69) is 10.6 Å². The van der Waals surface area contributed by atoms with Crippen LogP contribution in [0, 0.1) is 0 Å². The zero-order chi connectivity index (χ0) is 16.0. The zero-order valence-electron chi connectivity index (χ0n) is 12.0. The number of rotatable bonds is 2. The van der Waals surface area contributed by atoms with Crippen LogP contribution in [-0.4, -0.2) is 43.4 Å². The molecule has 1 aromatic carbocycles. The van der Waals surface area contributed by atoms with Crippen LogP contribution < -0.4 is 15.4 Å². The Bertz CT molecular complexity index is 745. The molecule has 3 rings (SSSR count). The van der Waals surface area contributed by atoms with Gasteiger partial charge in [-0.25, -0.2) is 8.42 Å². The first-order valence-electron chi connectivity index (χ1n) is 6.91. The van der Waals surface area contributed by atoms with Crippen molar-refractivity contribution in [1.82, 2.24) is 5.32 Å². The van der Waals surface area contributed by atoms with E-state index in [1.54, 1.807) is 24.3 Å². The van der Waals surface area contributed by atoms with Gasteiger partial charge in [0.1, 0.15) is 5.75 Å². The Morgan fingerprint density at radius 3 is 2.82 bits per heavy atom. The molecule has 0 bridgehead atoms. The van der Waals surface area contributed by atoms with E-state index in [-0.39, 0.29) is 11.5 Å². The molecule has 8 heteroatoms. The lowest BCUT2D eigenvalue weighted by Crippen LogP contribution is -2.60. The van der Waals surface area contributed by atoms with Gasteiger partial charge in [0.05, 0.1) is 17.2 Å². The van der Waals surface area contributed by atoms with Crippen LogP contribution in [0.5, 0.6) is 5.75 Å². The van der Waals surface area contributed by atoms with Crippen LogP contribution in [-0.2, 0) is 19.4 Å². The fourth-order valence-corrected chi connectivity index (χ4v) is 4.22. The zero-order valence-corrected chi connectivity index (χ0v) is 12.8. The minimum absolute atomic E-state index is 0.0462. The molecule has 2 N–H and O–H groups in total. The smallest absolute Gasteiger partial charge is 0.278 e. The Morgan fingerprint density at radius 1 is 1.41 bits per heavy atom. The predicted octanol–water partition coefficient (Wildman–Crippen LogP) is 0.0795. The highest BCUT2D eigenvalue weighted by Gasteiger charge is 2.48. The highest BCUT2D eigenvalue weighted by molar-refractivity contribution is 7.91. The molecule has 2 aliphatic rings. The first-order valence-corrected chi connectivity index (χ1v) is 8.73. The van der Waals surface area contributed by atoms with Crippen LogP contribution in [0.4, 0.5) is 5.69 Å². The van der Waals surface area contributed by atoms with E-state index >= 15 is 0 Å². The van der Waals surface area contributed by atoms with Gasteiger partial charge in [0.2, 0.25) is 0 Å². The molecule has 118 valence electrons. The Balaban J connectivity index is 1.78. The summed E-state index contributed by atoms with van der Waals surface area (Å²) in [7, 11) is -3.11. The predicted molar refractivity (Wildman–Crippen MR) is 79.3 cm³/mol. The summed E-state index contributed by atoms with van der Waals surface area (Å²) in [4.78, 5) is 24.6. The monoisotopic (exact) mass is 324 g/mol. The van der Waals surface area contributed by atoms with Crippen molar-refractivity contribution < 1.29 is 22.7 Å². The molecular formula is C14H16N2O5S. The lowest BCUT2D eigenvalue weighted by atomic mass is 10.0. The number of benzene rings is 1. The van der Waals surface area contributed by atoms with Crippen molar-refractivity contribution in [1.29, 1.82) is 0 Å². The van der Waals surface area contributed by atoms with E-state index < -0.39 is 33.3 Å². The number of sulfone groups is 1. The molecule has 0 radical (unpaired) electrons. The fourth-order valence-electron chi connectivity index (χ4n) is 2.55. The topological polar surface area (TPSA) is 102 Å². The van der Waals surface area contributed by atoms with Crippen LogP contribution in [0.3, 0.4) is 0 Å². The second-order valence-electron chi connectivity index (χ2n) is 5.66. The molecule has 0 aromatic heterocycles. The molecule has 2 amide bonds. The molecule has 0 saturated carbocycles. The number of nitrogens with one attached hydrogen (secondary N) is 2. The Hall–Kier alpha value is -2.09. The minimum Gasteiger partial charge on any atom is -0.466 e. The average molecular weight is 324 g/mol. The summed E-state index contributed by atoms with van der Waals surface area (Å²) in [6.07, 6.45) is 0.350. The van der Waals surface area contributed by atoms with E-state index in [0.717, 1.165) is 0 Å². The number of hydrogen-bond donors (Lipinski definition) is 2. The number of fused-ring (bicyclic) bond motifs is 1. The lowest BCUT2D eigenvalue weighted by molar-refractivity contribution is -0.147. The van der Waals surface area contributed by atoms with Crippen molar-refractivity contribution in [3.05, 3.63) is 24.3 Å². The minimum atomic E-state index is -3.11. The standard InChI is InChI=1S/C14H16N2O5S/c1-14(12(17)15-9-6-7-22(19,20)8-9)13(18)16-10-4-2-3-5-11(10)21-14/h2-5,9H,6-8H2,1H3,(H,15,17)(H,16,18)/t9-,14+/m0/s1. The summed E-state index contributed by atoms with van der Waals surface area (Å²) in [6.45, 7) is 1.37. The molecule has 0 spiro atoms. The molecular weight excluding hydrogens is 308 g/mol. The van der Waals surface area contributed by atoms with Crippen molar-refractivity contribution in [3.63, 3.8) is 0 Å². The van der Waals surface area contributed by atoms with Gasteiger partial charge in [-0.1, -0.05) is 12.1 Å². The molecule has 22 heavy (non-hydrogen) atoms. The number of hydrogen-bond acceptors (Lipinski definition) is 5. The van der Waals surface area contributed by atoms with Crippen LogP contribution in [0.15, 0.2) is 24.3 Å². The molecule has 1 aromatic rings. The number of anilines is 1. The van der Waals surface area contributed by atoms with E-state index in [1.165, 1.54) is 6.92 Å². The Kier molecular flexibility index (Phi) is 3.36. The largest absolute Gasteiger partial charge is 0.466 e. The van der Waals surface area contributed by atoms with Gasteiger partial charge in [-0.05, 0) is 25.5 Å². The van der Waals surface area contributed by atoms with Crippen LogP contribution in [0.1, 0.15) is 13.3 Å². The van der Waals surface area contributed by atoms with Crippen molar-refractivity contribution in [2.75, 3.05) is 16.8 Å². The molecule has 7 nitrogen and oxygen atoms in total. The van der Waals surface area contributed by atoms with Gasteiger partial charge in [-0.2, -0.15) is 0 Å². The third-order valence-electron chi connectivity index (χ3n) is 3.88. The van der Waals surface area contributed by atoms with E-state index in [4.69, 9.17) is 4.74 Å². The van der Waals surface area contributed by atoms with Crippen molar-refractivity contribution in [3.8, 4) is 5.75 Å². The first kappa shape index (κ1) is 14.8. The molecule has 1 fully saturated rings. The first-order chi connectivity index (χ1) is 10.3. The summed E-state index contributed by atoms with van der Waals surface area (Å²) < 4.78 is 28.5. The van der Waals surface area contributed by atoms with Crippen LogP contribution in [0.2, 0.25) is 0 Å².